The summed E-state index contributed by atoms with van der Waals surface area (Å²) in [5, 5.41) is 5.98. The summed E-state index contributed by atoms with van der Waals surface area (Å²) in [6.45, 7) is 5.14. The van der Waals surface area contributed by atoms with E-state index in [1.54, 1.807) is 0 Å². The Labute approximate surface area is 143 Å². The van der Waals surface area contributed by atoms with Crippen molar-refractivity contribution in [3.8, 4) is 0 Å². The first-order valence-corrected chi connectivity index (χ1v) is 8.84. The maximum Gasteiger partial charge on any atom is 0.228 e. The molecule has 0 spiro atoms. The van der Waals surface area contributed by atoms with E-state index in [0.717, 1.165) is 42.7 Å². The third kappa shape index (κ3) is 4.15. The molecule has 2 amide bonds. The predicted molar refractivity (Wildman–Crippen MR) is 92.8 cm³/mol. The molecule has 0 bridgehead atoms. The Balaban J connectivity index is 1.59. The number of rotatable bonds is 5. The molecule has 2 aliphatic heterocycles. The molecule has 0 radical (unpaired) electrons. The molecule has 0 aromatic heterocycles. The van der Waals surface area contributed by atoms with Gasteiger partial charge in [0, 0.05) is 12.3 Å². The lowest BCUT2D eigenvalue weighted by atomic mass is 9.94. The van der Waals surface area contributed by atoms with Gasteiger partial charge >= 0.3 is 0 Å². The number of carbonyl (C=O) groups is 2. The Morgan fingerprint density at radius 2 is 2.25 bits per heavy atom. The molecule has 2 aliphatic rings. The molecule has 1 aromatic carbocycles. The van der Waals surface area contributed by atoms with Crippen LogP contribution < -0.4 is 10.6 Å². The van der Waals surface area contributed by atoms with Crippen LogP contribution in [0.15, 0.2) is 18.2 Å². The third-order valence-corrected chi connectivity index (χ3v) is 4.65. The second-order valence-corrected chi connectivity index (χ2v) is 7.25. The number of carbonyl (C=O) groups excluding carboxylic acids is 2. The standard InChI is InChI=1S/C19H26N2O3/c1-12(2)8-17-15(4-3-7-24-17)20-18(22)10-13-5-6-14-11-19(23)21-16(14)9-13/h5-6,9,12,15,17H,3-4,7-8,10-11H2,1-2H3,(H,20,22)(H,21,23). The fourth-order valence-corrected chi connectivity index (χ4v) is 3.52. The van der Waals surface area contributed by atoms with Crippen molar-refractivity contribution in [3.05, 3.63) is 29.3 Å². The van der Waals surface area contributed by atoms with Gasteiger partial charge in [-0.05, 0) is 42.4 Å². The van der Waals surface area contributed by atoms with E-state index in [-0.39, 0.29) is 24.0 Å². The molecule has 2 unspecified atom stereocenters. The lowest BCUT2D eigenvalue weighted by Crippen LogP contribution is -2.48. The van der Waals surface area contributed by atoms with E-state index in [1.807, 2.05) is 18.2 Å². The first-order chi connectivity index (χ1) is 11.5. The molecule has 2 heterocycles. The van der Waals surface area contributed by atoms with Crippen molar-refractivity contribution in [2.24, 2.45) is 5.92 Å². The molecule has 5 nitrogen and oxygen atoms in total. The molecule has 2 atom stereocenters. The average molecular weight is 330 g/mol. The number of amides is 2. The highest BCUT2D eigenvalue weighted by Gasteiger charge is 2.28. The molecule has 3 rings (SSSR count). The summed E-state index contributed by atoms with van der Waals surface area (Å²) in [5.41, 5.74) is 2.76. The van der Waals surface area contributed by atoms with E-state index in [4.69, 9.17) is 4.74 Å². The van der Waals surface area contributed by atoms with Crippen molar-refractivity contribution in [2.75, 3.05) is 11.9 Å². The van der Waals surface area contributed by atoms with Gasteiger partial charge in [-0.3, -0.25) is 9.59 Å². The summed E-state index contributed by atoms with van der Waals surface area (Å²) in [6, 6.07) is 5.87. The van der Waals surface area contributed by atoms with Crippen LogP contribution in [0.5, 0.6) is 0 Å². The van der Waals surface area contributed by atoms with E-state index >= 15 is 0 Å². The van der Waals surface area contributed by atoms with E-state index in [9.17, 15) is 9.59 Å². The molecule has 1 saturated heterocycles. The Morgan fingerprint density at radius 3 is 3.04 bits per heavy atom. The van der Waals surface area contributed by atoms with Gasteiger partial charge in [0.2, 0.25) is 11.8 Å². The zero-order chi connectivity index (χ0) is 17.1. The van der Waals surface area contributed by atoms with Gasteiger partial charge in [-0.15, -0.1) is 0 Å². The van der Waals surface area contributed by atoms with Crippen molar-refractivity contribution in [2.45, 2.75) is 58.1 Å². The van der Waals surface area contributed by atoms with Crippen molar-refractivity contribution in [1.82, 2.24) is 5.32 Å². The van der Waals surface area contributed by atoms with Crippen molar-refractivity contribution >= 4 is 17.5 Å². The van der Waals surface area contributed by atoms with Gasteiger partial charge in [0.25, 0.3) is 0 Å². The Hall–Kier alpha value is -1.88. The highest BCUT2D eigenvalue weighted by Crippen LogP contribution is 2.24. The molecule has 0 aliphatic carbocycles. The minimum absolute atomic E-state index is 0.0162. The lowest BCUT2D eigenvalue weighted by Gasteiger charge is -2.33. The Kier molecular flexibility index (Phi) is 5.19. The highest BCUT2D eigenvalue weighted by atomic mass is 16.5. The molecule has 1 aromatic rings. The van der Waals surface area contributed by atoms with Crippen molar-refractivity contribution in [1.29, 1.82) is 0 Å². The lowest BCUT2D eigenvalue weighted by molar-refractivity contribution is -0.123. The fraction of sp³-hybridized carbons (Fsp3) is 0.579. The second kappa shape index (κ2) is 7.34. The molecule has 0 saturated carbocycles. The summed E-state index contributed by atoms with van der Waals surface area (Å²) < 4.78 is 5.86. The molecule has 24 heavy (non-hydrogen) atoms. The Morgan fingerprint density at radius 1 is 1.42 bits per heavy atom. The zero-order valence-corrected chi connectivity index (χ0v) is 14.4. The SMILES string of the molecule is CC(C)CC1OCCCC1NC(=O)Cc1ccc2c(c1)NC(=O)C2. The Bertz CT molecular complexity index is 627. The van der Waals surface area contributed by atoms with Gasteiger partial charge in [-0.25, -0.2) is 0 Å². The van der Waals surface area contributed by atoms with E-state index < -0.39 is 0 Å². The molecule has 5 heteroatoms. The van der Waals surface area contributed by atoms with Crippen LogP contribution in [0, 0.1) is 5.92 Å². The quantitative estimate of drug-likeness (QED) is 0.871. The molecular formula is C19H26N2O3. The van der Waals surface area contributed by atoms with Gasteiger partial charge in [0.05, 0.1) is 25.0 Å². The summed E-state index contributed by atoms with van der Waals surface area (Å²) in [6.07, 6.45) is 3.80. The number of anilines is 1. The minimum atomic E-state index is 0.0162. The predicted octanol–water partition coefficient (Wildman–Crippen LogP) is 2.43. The number of benzene rings is 1. The number of hydrogen-bond acceptors (Lipinski definition) is 3. The van der Waals surface area contributed by atoms with Gasteiger partial charge in [0.15, 0.2) is 0 Å². The van der Waals surface area contributed by atoms with Crippen LogP contribution in [0.1, 0.15) is 44.2 Å². The summed E-state index contributed by atoms with van der Waals surface area (Å²) in [7, 11) is 0. The van der Waals surface area contributed by atoms with Crippen LogP contribution in [0.2, 0.25) is 0 Å². The van der Waals surface area contributed by atoms with Crippen LogP contribution in [0.25, 0.3) is 0 Å². The van der Waals surface area contributed by atoms with E-state index in [1.165, 1.54) is 0 Å². The number of fused-ring (bicyclic) bond motifs is 1. The first-order valence-electron chi connectivity index (χ1n) is 8.84. The smallest absolute Gasteiger partial charge is 0.228 e. The normalized spacial score (nSPS) is 23.0. The van der Waals surface area contributed by atoms with Crippen LogP contribution in [-0.2, 0) is 27.2 Å². The zero-order valence-electron chi connectivity index (χ0n) is 14.4. The first kappa shape index (κ1) is 17.0. The molecule has 1 fully saturated rings. The summed E-state index contributed by atoms with van der Waals surface area (Å²) in [4.78, 5) is 23.8. The number of ether oxygens (including phenoxy) is 1. The topological polar surface area (TPSA) is 67.4 Å². The highest BCUT2D eigenvalue weighted by molar-refractivity contribution is 5.99. The minimum Gasteiger partial charge on any atom is -0.376 e. The van der Waals surface area contributed by atoms with E-state index in [2.05, 4.69) is 24.5 Å². The summed E-state index contributed by atoms with van der Waals surface area (Å²) >= 11 is 0. The molecule has 130 valence electrons. The van der Waals surface area contributed by atoms with Gasteiger partial charge < -0.3 is 15.4 Å². The van der Waals surface area contributed by atoms with Crippen LogP contribution in [-0.4, -0.2) is 30.6 Å². The number of hydrogen-bond donors (Lipinski definition) is 2. The molecule has 2 N–H and O–H groups in total. The second-order valence-electron chi connectivity index (χ2n) is 7.25. The maximum atomic E-state index is 12.4. The van der Waals surface area contributed by atoms with Gasteiger partial charge in [0.1, 0.15) is 0 Å². The van der Waals surface area contributed by atoms with Crippen LogP contribution in [0.4, 0.5) is 5.69 Å². The van der Waals surface area contributed by atoms with E-state index in [0.29, 0.717) is 18.8 Å². The van der Waals surface area contributed by atoms with Crippen LogP contribution in [0.3, 0.4) is 0 Å². The average Bonchev–Trinajstić information content (AvgIpc) is 2.88. The monoisotopic (exact) mass is 330 g/mol. The van der Waals surface area contributed by atoms with Gasteiger partial charge in [-0.1, -0.05) is 26.0 Å². The third-order valence-electron chi connectivity index (χ3n) is 4.65. The van der Waals surface area contributed by atoms with Crippen LogP contribution >= 0.6 is 0 Å². The van der Waals surface area contributed by atoms with Gasteiger partial charge in [-0.2, -0.15) is 0 Å². The molecular weight excluding hydrogens is 304 g/mol. The van der Waals surface area contributed by atoms with Crippen molar-refractivity contribution in [3.63, 3.8) is 0 Å². The largest absolute Gasteiger partial charge is 0.376 e. The number of nitrogens with one attached hydrogen (secondary N) is 2. The maximum absolute atomic E-state index is 12.4. The van der Waals surface area contributed by atoms with Crippen molar-refractivity contribution < 1.29 is 14.3 Å². The summed E-state index contributed by atoms with van der Waals surface area (Å²) in [5.74, 6) is 0.582. The fourth-order valence-electron chi connectivity index (χ4n) is 3.52.